The number of carbonyl (C=O) groups is 2. The molecule has 12 heavy (non-hydrogen) atoms. The number of hydrogen-bond donors (Lipinski definition) is 2. The van der Waals surface area contributed by atoms with Crippen LogP contribution in [0, 0.1) is 0 Å². The van der Waals surface area contributed by atoms with Crippen LogP contribution >= 0.6 is 0 Å². The number of rotatable bonds is 5. The highest BCUT2D eigenvalue weighted by Crippen LogP contribution is 1.97. The zero-order chi connectivity index (χ0) is 9.56. The van der Waals surface area contributed by atoms with Gasteiger partial charge >= 0.3 is 5.97 Å². The van der Waals surface area contributed by atoms with E-state index in [4.69, 9.17) is 5.11 Å². The van der Waals surface area contributed by atoms with Crippen molar-refractivity contribution in [3.63, 3.8) is 0 Å². The van der Waals surface area contributed by atoms with E-state index in [2.05, 4.69) is 11.9 Å². The molecular weight excluding hydrogens is 158 g/mol. The molecule has 0 bridgehead atoms. The lowest BCUT2D eigenvalue weighted by Crippen LogP contribution is -2.31. The van der Waals surface area contributed by atoms with Gasteiger partial charge < -0.3 is 10.4 Å². The molecule has 0 aliphatic carbocycles. The fourth-order valence-electron chi connectivity index (χ4n) is 0.789. The number of carboxylic acid groups (broad SMARTS) is 1. The molecule has 0 radical (unpaired) electrons. The summed E-state index contributed by atoms with van der Waals surface area (Å²) in [6.07, 6.45) is 1.96. The molecule has 0 aliphatic heterocycles. The minimum absolute atomic E-state index is 0.0387. The van der Waals surface area contributed by atoms with Gasteiger partial charge in [0.15, 0.2) is 0 Å². The summed E-state index contributed by atoms with van der Waals surface area (Å²) in [6.45, 7) is 4.87. The first-order valence-corrected chi connectivity index (χ1v) is 3.67. The van der Waals surface area contributed by atoms with Gasteiger partial charge in [0.1, 0.15) is 0 Å². The van der Waals surface area contributed by atoms with Gasteiger partial charge in [-0.1, -0.05) is 6.08 Å². The molecule has 0 spiro atoms. The van der Waals surface area contributed by atoms with Crippen molar-refractivity contribution in [3.8, 4) is 0 Å². The molecule has 1 amide bonds. The van der Waals surface area contributed by atoms with Gasteiger partial charge in [0.05, 0.1) is 0 Å². The summed E-state index contributed by atoms with van der Waals surface area (Å²) in [6, 6.07) is -0.237. The van der Waals surface area contributed by atoms with E-state index < -0.39 is 5.97 Å². The van der Waals surface area contributed by atoms with Crippen molar-refractivity contribution in [2.75, 3.05) is 0 Å². The molecule has 0 aromatic carbocycles. The molecular formula is C8H13NO3. The lowest BCUT2D eigenvalue weighted by molar-refractivity contribution is -0.137. The maximum Gasteiger partial charge on any atom is 0.303 e. The highest BCUT2D eigenvalue weighted by molar-refractivity contribution is 5.73. The zero-order valence-electron chi connectivity index (χ0n) is 7.04. The smallest absolute Gasteiger partial charge is 0.303 e. The third kappa shape index (κ3) is 5.46. The van der Waals surface area contributed by atoms with Gasteiger partial charge in [-0.2, -0.15) is 0 Å². The Hall–Kier alpha value is -1.32. The maximum atomic E-state index is 10.6. The second-order valence-corrected chi connectivity index (χ2v) is 2.48. The number of nitrogens with one attached hydrogen (secondary N) is 1. The van der Waals surface area contributed by atoms with E-state index in [1.807, 2.05) is 0 Å². The van der Waals surface area contributed by atoms with Crippen molar-refractivity contribution in [1.29, 1.82) is 0 Å². The summed E-state index contributed by atoms with van der Waals surface area (Å²) < 4.78 is 0. The fourth-order valence-corrected chi connectivity index (χ4v) is 0.789. The second-order valence-electron chi connectivity index (χ2n) is 2.48. The van der Waals surface area contributed by atoms with Gasteiger partial charge in [-0.15, -0.1) is 6.58 Å². The van der Waals surface area contributed by atoms with Crippen LogP contribution in [0.4, 0.5) is 0 Å². The maximum absolute atomic E-state index is 10.6. The zero-order valence-corrected chi connectivity index (χ0v) is 7.04. The van der Waals surface area contributed by atoms with Crippen molar-refractivity contribution in [2.45, 2.75) is 25.8 Å². The normalized spacial score (nSPS) is 11.8. The standard InChI is InChI=1S/C8H13NO3/c1-3-7(9-6(2)10)4-5-8(11)12/h3,7H,1,4-5H2,2H3,(H,9,10)(H,11,12)/t7-/m1/s1. The molecule has 2 N–H and O–H groups in total. The van der Waals surface area contributed by atoms with Crippen LogP contribution in [0.2, 0.25) is 0 Å². The first-order valence-electron chi connectivity index (χ1n) is 3.67. The molecule has 4 nitrogen and oxygen atoms in total. The predicted octanol–water partition coefficient (Wildman–Crippen LogP) is 0.542. The first kappa shape index (κ1) is 10.7. The largest absolute Gasteiger partial charge is 0.481 e. The molecule has 0 saturated carbocycles. The fraction of sp³-hybridized carbons (Fsp3) is 0.500. The molecule has 0 saturated heterocycles. The number of amides is 1. The molecule has 0 heterocycles. The lowest BCUT2D eigenvalue weighted by atomic mass is 10.1. The first-order chi connectivity index (χ1) is 5.56. The van der Waals surface area contributed by atoms with Gasteiger partial charge in [-0.05, 0) is 6.42 Å². The van der Waals surface area contributed by atoms with Gasteiger partial charge in [0.25, 0.3) is 0 Å². The Morgan fingerprint density at radius 2 is 2.25 bits per heavy atom. The SMILES string of the molecule is C=C[C@H](CCC(=O)O)NC(C)=O. The van der Waals surface area contributed by atoms with E-state index in [0.29, 0.717) is 6.42 Å². The predicted molar refractivity (Wildman–Crippen MR) is 44.7 cm³/mol. The quantitative estimate of drug-likeness (QED) is 0.593. The summed E-state index contributed by atoms with van der Waals surface area (Å²) in [5, 5.41) is 10.9. The van der Waals surface area contributed by atoms with Crippen LogP contribution in [0.1, 0.15) is 19.8 Å². The minimum Gasteiger partial charge on any atom is -0.481 e. The van der Waals surface area contributed by atoms with Crippen molar-refractivity contribution in [1.82, 2.24) is 5.32 Å². The average Bonchev–Trinajstić information content (AvgIpc) is 1.97. The highest BCUT2D eigenvalue weighted by atomic mass is 16.4. The van der Waals surface area contributed by atoms with Crippen LogP contribution in [0.25, 0.3) is 0 Å². The van der Waals surface area contributed by atoms with E-state index in [9.17, 15) is 9.59 Å². The van der Waals surface area contributed by atoms with Gasteiger partial charge in [-0.3, -0.25) is 9.59 Å². The Kier molecular flexibility index (Phi) is 4.76. The Balaban J connectivity index is 3.75. The Morgan fingerprint density at radius 1 is 1.67 bits per heavy atom. The van der Waals surface area contributed by atoms with Gasteiger partial charge in [0.2, 0.25) is 5.91 Å². The molecule has 0 aromatic heterocycles. The molecule has 0 aliphatic rings. The summed E-state index contributed by atoms with van der Waals surface area (Å²) in [7, 11) is 0. The van der Waals surface area contributed by atoms with Crippen LogP contribution in [0.15, 0.2) is 12.7 Å². The van der Waals surface area contributed by atoms with E-state index >= 15 is 0 Å². The van der Waals surface area contributed by atoms with Crippen LogP contribution in [0.5, 0.6) is 0 Å². The highest BCUT2D eigenvalue weighted by Gasteiger charge is 2.07. The number of hydrogen-bond acceptors (Lipinski definition) is 2. The lowest BCUT2D eigenvalue weighted by Gasteiger charge is -2.11. The van der Waals surface area contributed by atoms with Crippen LogP contribution in [-0.4, -0.2) is 23.0 Å². The van der Waals surface area contributed by atoms with E-state index in [1.54, 1.807) is 0 Å². The van der Waals surface area contributed by atoms with E-state index in [1.165, 1.54) is 13.0 Å². The van der Waals surface area contributed by atoms with Crippen molar-refractivity contribution in [2.24, 2.45) is 0 Å². The molecule has 0 unspecified atom stereocenters. The summed E-state index contributed by atoms with van der Waals surface area (Å²) in [5.74, 6) is -1.04. The molecule has 0 rings (SSSR count). The summed E-state index contributed by atoms with van der Waals surface area (Å²) >= 11 is 0. The van der Waals surface area contributed by atoms with Crippen molar-refractivity contribution < 1.29 is 14.7 Å². The second kappa shape index (κ2) is 5.35. The van der Waals surface area contributed by atoms with Crippen molar-refractivity contribution in [3.05, 3.63) is 12.7 Å². The summed E-state index contributed by atoms with van der Waals surface area (Å²) in [5.41, 5.74) is 0. The Bertz CT molecular complexity index is 189. The number of carbonyl (C=O) groups excluding carboxylic acids is 1. The van der Waals surface area contributed by atoms with Crippen LogP contribution in [0.3, 0.4) is 0 Å². The molecule has 4 heteroatoms. The Labute approximate surface area is 71.3 Å². The Morgan fingerprint density at radius 3 is 2.58 bits per heavy atom. The monoisotopic (exact) mass is 171 g/mol. The van der Waals surface area contributed by atoms with Crippen molar-refractivity contribution >= 4 is 11.9 Å². The third-order valence-corrected chi connectivity index (χ3v) is 1.34. The van der Waals surface area contributed by atoms with Gasteiger partial charge in [-0.25, -0.2) is 0 Å². The topological polar surface area (TPSA) is 66.4 Å². The van der Waals surface area contributed by atoms with Crippen LogP contribution < -0.4 is 5.32 Å². The van der Waals surface area contributed by atoms with E-state index in [0.717, 1.165) is 0 Å². The molecule has 0 fully saturated rings. The molecule has 1 atom stereocenters. The number of carboxylic acids is 1. The van der Waals surface area contributed by atoms with Gasteiger partial charge in [0, 0.05) is 19.4 Å². The number of aliphatic carboxylic acids is 1. The van der Waals surface area contributed by atoms with E-state index in [-0.39, 0.29) is 18.4 Å². The molecule has 68 valence electrons. The third-order valence-electron chi connectivity index (χ3n) is 1.34. The minimum atomic E-state index is -0.868. The molecule has 0 aromatic rings. The average molecular weight is 171 g/mol. The summed E-state index contributed by atoms with van der Waals surface area (Å²) in [4.78, 5) is 20.7. The van der Waals surface area contributed by atoms with Crippen LogP contribution in [-0.2, 0) is 9.59 Å².